The Balaban J connectivity index is 2.18. The zero-order valence-electron chi connectivity index (χ0n) is 10.6. The molecule has 0 bridgehead atoms. The molecule has 0 saturated heterocycles. The summed E-state index contributed by atoms with van der Waals surface area (Å²) < 4.78 is 7.06. The Morgan fingerprint density at radius 1 is 1.32 bits per heavy atom. The summed E-state index contributed by atoms with van der Waals surface area (Å²) >= 11 is 0. The molecule has 3 aromatic rings. The van der Waals surface area contributed by atoms with Gasteiger partial charge >= 0.3 is 0 Å². The molecule has 0 radical (unpaired) electrons. The molecule has 0 aliphatic rings. The van der Waals surface area contributed by atoms with E-state index in [1.807, 2.05) is 34.9 Å². The van der Waals surface area contributed by atoms with Gasteiger partial charge in [-0.05, 0) is 23.8 Å². The Hall–Kier alpha value is -2.40. The van der Waals surface area contributed by atoms with Crippen LogP contribution in [-0.4, -0.2) is 21.6 Å². The zero-order chi connectivity index (χ0) is 13.2. The van der Waals surface area contributed by atoms with Crippen molar-refractivity contribution in [1.82, 2.24) is 14.5 Å². The highest BCUT2D eigenvalue weighted by molar-refractivity contribution is 5.79. The van der Waals surface area contributed by atoms with Crippen LogP contribution < -0.4 is 5.73 Å². The smallest absolute Gasteiger partial charge is 0.205 e. The third-order valence-corrected chi connectivity index (χ3v) is 2.96. The van der Waals surface area contributed by atoms with Crippen LogP contribution in [-0.2, 0) is 11.3 Å². The van der Waals surface area contributed by atoms with Gasteiger partial charge in [-0.3, -0.25) is 9.55 Å². The highest BCUT2D eigenvalue weighted by atomic mass is 16.5. The van der Waals surface area contributed by atoms with Crippen molar-refractivity contribution in [3.05, 3.63) is 48.3 Å². The summed E-state index contributed by atoms with van der Waals surface area (Å²) in [5.74, 6) is 0.456. The Kier molecular flexibility index (Phi) is 2.89. The number of benzene rings is 1. The van der Waals surface area contributed by atoms with Crippen molar-refractivity contribution in [2.45, 2.75) is 6.61 Å². The number of imidazole rings is 1. The lowest BCUT2D eigenvalue weighted by Gasteiger charge is -2.08. The lowest BCUT2D eigenvalue weighted by atomic mass is 10.2. The second-order valence-electron chi connectivity index (χ2n) is 4.27. The first-order valence-corrected chi connectivity index (χ1v) is 5.96. The largest absolute Gasteiger partial charge is 0.380 e. The number of hydrogen-bond acceptors (Lipinski definition) is 4. The maximum atomic E-state index is 6.00. The first-order chi connectivity index (χ1) is 9.29. The van der Waals surface area contributed by atoms with Crippen LogP contribution in [0.15, 0.2) is 42.7 Å². The fourth-order valence-corrected chi connectivity index (χ4v) is 2.17. The second kappa shape index (κ2) is 4.70. The van der Waals surface area contributed by atoms with Crippen LogP contribution in [0, 0.1) is 0 Å². The van der Waals surface area contributed by atoms with E-state index in [2.05, 4.69) is 9.97 Å². The number of anilines is 1. The summed E-state index contributed by atoms with van der Waals surface area (Å²) in [5, 5.41) is 0. The number of fused-ring (bicyclic) bond motifs is 1. The Morgan fingerprint density at radius 2 is 2.21 bits per heavy atom. The standard InChI is InChI=1S/C14H14N4O/c1-19-9-10-3-2-4-11(7-10)18-13-5-6-16-8-12(13)17-14(18)15/h2-8H,9H2,1H3,(H2,15,17). The van der Waals surface area contributed by atoms with Crippen LogP contribution in [0.5, 0.6) is 0 Å². The average Bonchev–Trinajstić information content (AvgIpc) is 2.75. The fraction of sp³-hybridized carbons (Fsp3) is 0.143. The molecule has 0 aliphatic carbocycles. The van der Waals surface area contributed by atoms with Gasteiger partial charge in [-0.1, -0.05) is 12.1 Å². The molecular formula is C14H14N4O. The van der Waals surface area contributed by atoms with Crippen molar-refractivity contribution in [3.63, 3.8) is 0 Å². The van der Waals surface area contributed by atoms with Crippen LogP contribution in [0.1, 0.15) is 5.56 Å². The number of nitrogens with zero attached hydrogens (tertiary/aromatic N) is 3. The molecule has 19 heavy (non-hydrogen) atoms. The summed E-state index contributed by atoms with van der Waals surface area (Å²) in [6.07, 6.45) is 3.44. The zero-order valence-corrected chi connectivity index (χ0v) is 10.6. The van der Waals surface area contributed by atoms with E-state index in [1.165, 1.54) is 0 Å². The number of pyridine rings is 1. The molecule has 2 heterocycles. The molecule has 3 rings (SSSR count). The Bertz CT molecular complexity index is 720. The molecule has 96 valence electrons. The van der Waals surface area contributed by atoms with E-state index in [0.717, 1.165) is 22.3 Å². The predicted molar refractivity (Wildman–Crippen MR) is 74.0 cm³/mol. The van der Waals surface area contributed by atoms with E-state index in [1.54, 1.807) is 19.5 Å². The number of rotatable bonds is 3. The number of hydrogen-bond donors (Lipinski definition) is 1. The molecule has 0 fully saturated rings. The van der Waals surface area contributed by atoms with Gasteiger partial charge in [0.25, 0.3) is 0 Å². The molecule has 1 aromatic carbocycles. The van der Waals surface area contributed by atoms with E-state index < -0.39 is 0 Å². The molecular weight excluding hydrogens is 240 g/mol. The van der Waals surface area contributed by atoms with Crippen molar-refractivity contribution < 1.29 is 4.74 Å². The van der Waals surface area contributed by atoms with Gasteiger partial charge in [-0.25, -0.2) is 4.98 Å². The molecule has 5 nitrogen and oxygen atoms in total. The molecule has 0 saturated carbocycles. The minimum Gasteiger partial charge on any atom is -0.380 e. The van der Waals surface area contributed by atoms with Crippen LogP contribution in [0.25, 0.3) is 16.7 Å². The topological polar surface area (TPSA) is 66.0 Å². The highest BCUT2D eigenvalue weighted by Gasteiger charge is 2.09. The highest BCUT2D eigenvalue weighted by Crippen LogP contribution is 2.22. The number of nitrogens with two attached hydrogens (primary N) is 1. The number of aromatic nitrogens is 3. The van der Waals surface area contributed by atoms with Gasteiger partial charge < -0.3 is 10.5 Å². The first-order valence-electron chi connectivity index (χ1n) is 5.96. The Labute approximate surface area is 110 Å². The summed E-state index contributed by atoms with van der Waals surface area (Å²) in [5.41, 5.74) is 9.80. The number of nitrogen functional groups attached to an aromatic ring is 1. The Morgan fingerprint density at radius 3 is 3.05 bits per heavy atom. The van der Waals surface area contributed by atoms with Gasteiger partial charge in [0, 0.05) is 19.0 Å². The number of methoxy groups -OCH3 is 1. The van der Waals surface area contributed by atoms with Crippen LogP contribution in [0.3, 0.4) is 0 Å². The van der Waals surface area contributed by atoms with E-state index in [0.29, 0.717) is 12.6 Å². The van der Waals surface area contributed by atoms with Crippen LogP contribution in [0.2, 0.25) is 0 Å². The fourth-order valence-electron chi connectivity index (χ4n) is 2.17. The molecule has 0 unspecified atom stereocenters. The van der Waals surface area contributed by atoms with Crippen molar-refractivity contribution in [1.29, 1.82) is 0 Å². The predicted octanol–water partition coefficient (Wildman–Crippen LogP) is 2.15. The summed E-state index contributed by atoms with van der Waals surface area (Å²) in [6.45, 7) is 0.571. The molecule has 0 spiro atoms. The quantitative estimate of drug-likeness (QED) is 0.777. The van der Waals surface area contributed by atoms with Crippen LogP contribution >= 0.6 is 0 Å². The second-order valence-corrected chi connectivity index (χ2v) is 4.27. The lowest BCUT2D eigenvalue weighted by Crippen LogP contribution is -2.01. The molecule has 2 aromatic heterocycles. The van der Waals surface area contributed by atoms with Gasteiger partial charge in [-0.2, -0.15) is 0 Å². The van der Waals surface area contributed by atoms with Crippen LogP contribution in [0.4, 0.5) is 5.95 Å². The van der Waals surface area contributed by atoms with Crippen molar-refractivity contribution in [2.24, 2.45) is 0 Å². The normalized spacial score (nSPS) is 11.0. The SMILES string of the molecule is COCc1cccc(-n2c(N)nc3cnccc32)c1. The number of ether oxygens (including phenoxy) is 1. The average molecular weight is 254 g/mol. The molecule has 2 N–H and O–H groups in total. The molecule has 5 heteroatoms. The minimum atomic E-state index is 0.456. The third-order valence-electron chi connectivity index (χ3n) is 2.96. The van der Waals surface area contributed by atoms with E-state index in [4.69, 9.17) is 10.5 Å². The monoisotopic (exact) mass is 254 g/mol. The van der Waals surface area contributed by atoms with Gasteiger partial charge in [-0.15, -0.1) is 0 Å². The molecule has 0 amide bonds. The maximum absolute atomic E-state index is 6.00. The first kappa shape index (κ1) is 11.7. The van der Waals surface area contributed by atoms with Crippen molar-refractivity contribution >= 4 is 17.0 Å². The summed E-state index contributed by atoms with van der Waals surface area (Å²) in [6, 6.07) is 9.94. The van der Waals surface area contributed by atoms with E-state index in [9.17, 15) is 0 Å². The summed E-state index contributed by atoms with van der Waals surface area (Å²) in [7, 11) is 1.68. The van der Waals surface area contributed by atoms with Gasteiger partial charge in [0.2, 0.25) is 5.95 Å². The molecule has 0 aliphatic heterocycles. The maximum Gasteiger partial charge on any atom is 0.205 e. The molecule has 0 atom stereocenters. The van der Waals surface area contributed by atoms with Gasteiger partial charge in [0.05, 0.1) is 18.3 Å². The lowest BCUT2D eigenvalue weighted by molar-refractivity contribution is 0.185. The van der Waals surface area contributed by atoms with Gasteiger partial charge in [0.1, 0.15) is 5.52 Å². The third kappa shape index (κ3) is 2.04. The van der Waals surface area contributed by atoms with Crippen molar-refractivity contribution in [3.8, 4) is 5.69 Å². The van der Waals surface area contributed by atoms with Gasteiger partial charge in [0.15, 0.2) is 0 Å². The van der Waals surface area contributed by atoms with Crippen molar-refractivity contribution in [2.75, 3.05) is 12.8 Å². The van der Waals surface area contributed by atoms with E-state index in [-0.39, 0.29) is 0 Å². The summed E-state index contributed by atoms with van der Waals surface area (Å²) in [4.78, 5) is 8.37. The minimum absolute atomic E-state index is 0.456. The van der Waals surface area contributed by atoms with E-state index >= 15 is 0 Å².